The van der Waals surface area contributed by atoms with Crippen LogP contribution < -0.4 is 0 Å². The Morgan fingerprint density at radius 3 is 2.70 bits per heavy atom. The molecule has 0 aliphatic carbocycles. The third-order valence-corrected chi connectivity index (χ3v) is 7.34. The standard InChI is InChI=1S/C18H26N4O3S2/c1-3-10-21(11-4-2)18(23)14-7-6-12-22(13-14)27(24,25)16-9-5-8-15-17(16)20-26-19-15/h5,8-9,14H,3-4,6-7,10-13H2,1-2H3/t14-/m1/s1. The number of fused-ring (bicyclic) bond motifs is 1. The lowest BCUT2D eigenvalue weighted by Gasteiger charge is -2.34. The Hall–Kier alpha value is -1.58. The Balaban J connectivity index is 1.83. The van der Waals surface area contributed by atoms with Gasteiger partial charge in [-0.15, -0.1) is 0 Å². The van der Waals surface area contributed by atoms with Crippen LogP contribution in [0.2, 0.25) is 0 Å². The van der Waals surface area contributed by atoms with Crippen LogP contribution in [0.1, 0.15) is 39.5 Å². The normalized spacial score (nSPS) is 18.7. The maximum Gasteiger partial charge on any atom is 0.245 e. The van der Waals surface area contributed by atoms with Crippen molar-refractivity contribution in [2.45, 2.75) is 44.4 Å². The molecule has 0 saturated carbocycles. The van der Waals surface area contributed by atoms with E-state index >= 15 is 0 Å². The van der Waals surface area contributed by atoms with E-state index in [2.05, 4.69) is 22.6 Å². The molecule has 1 aliphatic heterocycles. The van der Waals surface area contributed by atoms with Crippen molar-refractivity contribution < 1.29 is 13.2 Å². The van der Waals surface area contributed by atoms with Gasteiger partial charge in [0, 0.05) is 26.2 Å². The Labute approximate surface area is 164 Å². The third kappa shape index (κ3) is 4.14. The van der Waals surface area contributed by atoms with Crippen molar-refractivity contribution >= 4 is 38.7 Å². The molecule has 148 valence electrons. The van der Waals surface area contributed by atoms with Gasteiger partial charge in [0.25, 0.3) is 0 Å². The number of carbonyl (C=O) groups excluding carboxylic acids is 1. The highest BCUT2D eigenvalue weighted by atomic mass is 32.2. The average Bonchev–Trinajstić information content (AvgIpc) is 3.16. The summed E-state index contributed by atoms with van der Waals surface area (Å²) in [6, 6.07) is 5.02. The van der Waals surface area contributed by atoms with Crippen molar-refractivity contribution in [3.05, 3.63) is 18.2 Å². The van der Waals surface area contributed by atoms with E-state index in [1.807, 2.05) is 4.90 Å². The van der Waals surface area contributed by atoms with Gasteiger partial charge >= 0.3 is 0 Å². The maximum atomic E-state index is 13.2. The van der Waals surface area contributed by atoms with Crippen LogP contribution in [0.3, 0.4) is 0 Å². The van der Waals surface area contributed by atoms with Crippen LogP contribution in [-0.4, -0.2) is 58.5 Å². The molecular formula is C18H26N4O3S2. The Kier molecular flexibility index (Phi) is 6.44. The van der Waals surface area contributed by atoms with Crippen molar-refractivity contribution in [1.82, 2.24) is 18.0 Å². The Bertz CT molecular complexity index is 891. The van der Waals surface area contributed by atoms with Crippen molar-refractivity contribution in [3.63, 3.8) is 0 Å². The van der Waals surface area contributed by atoms with Crippen molar-refractivity contribution in [2.75, 3.05) is 26.2 Å². The topological polar surface area (TPSA) is 83.5 Å². The van der Waals surface area contributed by atoms with Crippen molar-refractivity contribution in [1.29, 1.82) is 0 Å². The van der Waals surface area contributed by atoms with E-state index < -0.39 is 10.0 Å². The maximum absolute atomic E-state index is 13.2. The first kappa shape index (κ1) is 20.2. The van der Waals surface area contributed by atoms with Crippen LogP contribution in [0.5, 0.6) is 0 Å². The molecule has 1 fully saturated rings. The molecule has 1 aliphatic rings. The number of rotatable bonds is 7. The number of nitrogens with zero attached hydrogens (tertiary/aromatic N) is 4. The lowest BCUT2D eigenvalue weighted by atomic mass is 9.98. The number of hydrogen-bond acceptors (Lipinski definition) is 6. The second kappa shape index (κ2) is 8.62. The van der Waals surface area contributed by atoms with Crippen LogP contribution in [0.25, 0.3) is 11.0 Å². The molecule has 27 heavy (non-hydrogen) atoms. The summed E-state index contributed by atoms with van der Waals surface area (Å²) in [5.74, 6) is -0.202. The van der Waals surface area contributed by atoms with Gasteiger partial charge in [-0.3, -0.25) is 4.79 Å². The highest BCUT2D eigenvalue weighted by Gasteiger charge is 2.35. The zero-order valence-electron chi connectivity index (χ0n) is 15.8. The van der Waals surface area contributed by atoms with Crippen LogP contribution in [0.4, 0.5) is 0 Å². The van der Waals surface area contributed by atoms with Gasteiger partial charge in [0.1, 0.15) is 15.9 Å². The van der Waals surface area contributed by atoms with E-state index in [0.717, 1.165) is 44.1 Å². The number of aromatic nitrogens is 2. The molecule has 1 aromatic carbocycles. The summed E-state index contributed by atoms with van der Waals surface area (Å²) >= 11 is 1.01. The predicted molar refractivity (Wildman–Crippen MR) is 106 cm³/mol. The molecule has 0 bridgehead atoms. The largest absolute Gasteiger partial charge is 0.342 e. The second-order valence-corrected chi connectivity index (χ2v) is 9.35. The smallest absolute Gasteiger partial charge is 0.245 e. The number of hydrogen-bond donors (Lipinski definition) is 0. The summed E-state index contributed by atoms with van der Waals surface area (Å²) in [4.78, 5) is 15.0. The molecule has 1 saturated heterocycles. The molecule has 0 N–H and O–H groups in total. The minimum atomic E-state index is -3.71. The lowest BCUT2D eigenvalue weighted by molar-refractivity contribution is -0.136. The molecule has 0 unspecified atom stereocenters. The summed E-state index contributed by atoms with van der Waals surface area (Å²) in [6.07, 6.45) is 3.23. The van der Waals surface area contributed by atoms with Gasteiger partial charge in [0.05, 0.1) is 17.6 Å². The fraction of sp³-hybridized carbons (Fsp3) is 0.611. The van der Waals surface area contributed by atoms with Crippen molar-refractivity contribution in [2.24, 2.45) is 5.92 Å². The molecule has 3 rings (SSSR count). The zero-order valence-corrected chi connectivity index (χ0v) is 17.4. The lowest BCUT2D eigenvalue weighted by Crippen LogP contribution is -2.47. The number of piperidine rings is 1. The van der Waals surface area contributed by atoms with Crippen molar-refractivity contribution in [3.8, 4) is 0 Å². The van der Waals surface area contributed by atoms with Gasteiger partial charge < -0.3 is 4.90 Å². The third-order valence-electron chi connectivity index (χ3n) is 4.90. The Morgan fingerprint density at radius 2 is 2.00 bits per heavy atom. The number of sulfonamides is 1. The molecule has 1 amide bonds. The first-order valence-electron chi connectivity index (χ1n) is 9.49. The highest BCUT2D eigenvalue weighted by Crippen LogP contribution is 2.28. The van der Waals surface area contributed by atoms with Gasteiger partial charge in [-0.25, -0.2) is 8.42 Å². The van der Waals surface area contributed by atoms with E-state index in [0.29, 0.717) is 24.0 Å². The number of benzene rings is 1. The van der Waals surface area contributed by atoms with E-state index in [1.54, 1.807) is 18.2 Å². The van der Waals surface area contributed by atoms with E-state index in [9.17, 15) is 13.2 Å². The van der Waals surface area contributed by atoms with Gasteiger partial charge in [0.2, 0.25) is 15.9 Å². The van der Waals surface area contributed by atoms with Crippen LogP contribution >= 0.6 is 11.7 Å². The average molecular weight is 411 g/mol. The van der Waals surface area contributed by atoms with Crippen LogP contribution in [0.15, 0.2) is 23.1 Å². The van der Waals surface area contributed by atoms with Crippen LogP contribution in [0, 0.1) is 5.92 Å². The molecule has 9 heteroatoms. The molecule has 0 radical (unpaired) electrons. The predicted octanol–water partition coefficient (Wildman–Crippen LogP) is 2.74. The summed E-state index contributed by atoms with van der Waals surface area (Å²) in [7, 11) is -3.71. The zero-order chi connectivity index (χ0) is 19.4. The van der Waals surface area contributed by atoms with E-state index in [-0.39, 0.29) is 23.3 Å². The number of amides is 1. The van der Waals surface area contributed by atoms with Crippen LogP contribution in [-0.2, 0) is 14.8 Å². The minimum Gasteiger partial charge on any atom is -0.342 e. The van der Waals surface area contributed by atoms with Gasteiger partial charge in [-0.05, 0) is 37.8 Å². The Morgan fingerprint density at radius 1 is 1.26 bits per heavy atom. The first-order valence-corrected chi connectivity index (χ1v) is 11.7. The minimum absolute atomic E-state index is 0.0760. The van der Waals surface area contributed by atoms with Gasteiger partial charge in [0.15, 0.2) is 0 Å². The summed E-state index contributed by atoms with van der Waals surface area (Å²) in [6.45, 7) is 6.21. The highest BCUT2D eigenvalue weighted by molar-refractivity contribution is 7.89. The first-order chi connectivity index (χ1) is 13.0. The molecule has 2 heterocycles. The van der Waals surface area contributed by atoms with Gasteiger partial charge in [-0.2, -0.15) is 13.1 Å². The molecule has 0 spiro atoms. The molecule has 1 atom stereocenters. The number of carbonyl (C=O) groups is 1. The molecular weight excluding hydrogens is 384 g/mol. The quantitative estimate of drug-likeness (QED) is 0.701. The summed E-state index contributed by atoms with van der Waals surface area (Å²) < 4.78 is 36.2. The summed E-state index contributed by atoms with van der Waals surface area (Å²) in [5, 5.41) is 0. The molecule has 2 aromatic rings. The van der Waals surface area contributed by atoms with Gasteiger partial charge in [-0.1, -0.05) is 19.9 Å². The molecule has 7 nitrogen and oxygen atoms in total. The van der Waals surface area contributed by atoms with E-state index in [1.165, 1.54) is 4.31 Å². The SMILES string of the molecule is CCCN(CCC)C(=O)[C@@H]1CCCN(S(=O)(=O)c2cccc3nsnc23)C1. The fourth-order valence-corrected chi connectivity index (χ4v) is 5.90. The second-order valence-electron chi connectivity index (χ2n) is 6.92. The molecule has 1 aromatic heterocycles. The van der Waals surface area contributed by atoms with E-state index in [4.69, 9.17) is 0 Å². The monoisotopic (exact) mass is 410 g/mol. The summed E-state index contributed by atoms with van der Waals surface area (Å²) in [5.41, 5.74) is 0.998. The fourth-order valence-electron chi connectivity index (χ4n) is 3.62.